The molecule has 0 bridgehead atoms. The monoisotopic (exact) mass is 289 g/mol. The lowest BCUT2D eigenvalue weighted by molar-refractivity contribution is -0.145. The van der Waals surface area contributed by atoms with E-state index in [0.717, 1.165) is 56.5 Å². The van der Waals surface area contributed by atoms with E-state index in [1.807, 2.05) is 24.3 Å². The van der Waals surface area contributed by atoms with E-state index in [4.69, 9.17) is 4.74 Å². The molecule has 0 atom stereocenters. The van der Waals surface area contributed by atoms with Crippen LogP contribution < -0.4 is 4.74 Å². The molecule has 1 aromatic carbocycles. The van der Waals surface area contributed by atoms with Gasteiger partial charge in [0.15, 0.2) is 0 Å². The molecule has 1 aliphatic carbocycles. The van der Waals surface area contributed by atoms with Gasteiger partial charge in [-0.05, 0) is 37.6 Å². The van der Waals surface area contributed by atoms with Gasteiger partial charge in [0.05, 0.1) is 5.41 Å². The van der Waals surface area contributed by atoms with Crippen LogP contribution in [0.3, 0.4) is 0 Å². The van der Waals surface area contributed by atoms with Crippen LogP contribution in [-0.2, 0) is 10.2 Å². The maximum absolute atomic E-state index is 11.8. The molecule has 2 aliphatic rings. The molecule has 114 valence electrons. The molecule has 3 rings (SSSR count). The quantitative estimate of drug-likeness (QED) is 0.926. The molecule has 1 N–H and O–H groups in total. The Bertz CT molecular complexity index is 499. The molecule has 0 unspecified atom stereocenters. The second kappa shape index (κ2) is 5.68. The summed E-state index contributed by atoms with van der Waals surface area (Å²) >= 11 is 0. The SMILES string of the molecule is CN1CC(Oc2ccc(C3(C(=O)O)CCCCC3)cc2)C1. The van der Waals surface area contributed by atoms with E-state index in [1.165, 1.54) is 0 Å². The van der Waals surface area contributed by atoms with E-state index in [1.54, 1.807) is 0 Å². The van der Waals surface area contributed by atoms with Crippen molar-refractivity contribution in [3.63, 3.8) is 0 Å². The second-order valence-electron chi connectivity index (χ2n) is 6.43. The summed E-state index contributed by atoms with van der Waals surface area (Å²) in [6.07, 6.45) is 4.90. The second-order valence-corrected chi connectivity index (χ2v) is 6.43. The molecule has 21 heavy (non-hydrogen) atoms. The topological polar surface area (TPSA) is 49.8 Å². The Balaban J connectivity index is 1.74. The van der Waals surface area contributed by atoms with Crippen LogP contribution in [0.25, 0.3) is 0 Å². The van der Waals surface area contributed by atoms with Gasteiger partial charge in [-0.2, -0.15) is 0 Å². The largest absolute Gasteiger partial charge is 0.488 e. The molecule has 0 amide bonds. The van der Waals surface area contributed by atoms with Crippen molar-refractivity contribution in [1.29, 1.82) is 0 Å². The molecule has 2 fully saturated rings. The third-order valence-electron chi connectivity index (χ3n) is 4.86. The molecule has 1 saturated heterocycles. The number of rotatable bonds is 4. The summed E-state index contributed by atoms with van der Waals surface area (Å²) < 4.78 is 5.87. The van der Waals surface area contributed by atoms with E-state index in [2.05, 4.69) is 11.9 Å². The Morgan fingerprint density at radius 2 is 1.81 bits per heavy atom. The van der Waals surface area contributed by atoms with Gasteiger partial charge in [0.1, 0.15) is 11.9 Å². The summed E-state index contributed by atoms with van der Waals surface area (Å²) in [4.78, 5) is 14.0. The molecule has 1 aliphatic heterocycles. The van der Waals surface area contributed by atoms with Gasteiger partial charge in [-0.1, -0.05) is 31.4 Å². The summed E-state index contributed by atoms with van der Waals surface area (Å²) in [6, 6.07) is 7.73. The predicted octanol–water partition coefficient (Wildman–Crippen LogP) is 2.67. The maximum Gasteiger partial charge on any atom is 0.314 e. The minimum absolute atomic E-state index is 0.268. The minimum atomic E-state index is -0.687. The van der Waals surface area contributed by atoms with E-state index < -0.39 is 11.4 Å². The summed E-state index contributed by atoms with van der Waals surface area (Å²) in [5.74, 6) is 0.157. The lowest BCUT2D eigenvalue weighted by atomic mass is 9.69. The molecule has 1 saturated carbocycles. The van der Waals surface area contributed by atoms with Crippen molar-refractivity contribution in [3.05, 3.63) is 29.8 Å². The highest BCUT2D eigenvalue weighted by Gasteiger charge is 2.41. The Labute approximate surface area is 125 Å². The summed E-state index contributed by atoms with van der Waals surface area (Å²) in [7, 11) is 2.07. The fourth-order valence-electron chi connectivity index (χ4n) is 3.54. The average Bonchev–Trinajstić information content (AvgIpc) is 2.47. The summed E-state index contributed by atoms with van der Waals surface area (Å²) in [5.41, 5.74) is 0.237. The number of ether oxygens (including phenoxy) is 1. The van der Waals surface area contributed by atoms with Crippen molar-refractivity contribution in [2.24, 2.45) is 0 Å². The Kier molecular flexibility index (Phi) is 3.89. The van der Waals surface area contributed by atoms with Crippen molar-refractivity contribution < 1.29 is 14.6 Å². The normalized spacial score (nSPS) is 22.5. The van der Waals surface area contributed by atoms with Gasteiger partial charge in [-0.3, -0.25) is 9.69 Å². The predicted molar refractivity (Wildman–Crippen MR) is 80.8 cm³/mol. The van der Waals surface area contributed by atoms with Gasteiger partial charge in [-0.15, -0.1) is 0 Å². The number of carboxylic acids is 1. The van der Waals surface area contributed by atoms with Gasteiger partial charge >= 0.3 is 5.97 Å². The van der Waals surface area contributed by atoms with Crippen LogP contribution in [0.2, 0.25) is 0 Å². The van der Waals surface area contributed by atoms with Gasteiger partial charge in [0, 0.05) is 13.1 Å². The molecular formula is C17H23NO3. The van der Waals surface area contributed by atoms with Crippen LogP contribution in [0.5, 0.6) is 5.75 Å². The van der Waals surface area contributed by atoms with Gasteiger partial charge < -0.3 is 9.84 Å². The lowest BCUT2D eigenvalue weighted by Crippen LogP contribution is -2.51. The molecule has 0 radical (unpaired) electrons. The van der Waals surface area contributed by atoms with Crippen molar-refractivity contribution in [3.8, 4) is 5.75 Å². The van der Waals surface area contributed by atoms with Gasteiger partial charge in [0.2, 0.25) is 0 Å². The molecule has 4 heteroatoms. The van der Waals surface area contributed by atoms with Crippen molar-refractivity contribution in [2.75, 3.05) is 20.1 Å². The number of benzene rings is 1. The zero-order valence-electron chi connectivity index (χ0n) is 12.5. The zero-order valence-corrected chi connectivity index (χ0v) is 12.5. The number of hydrogen-bond acceptors (Lipinski definition) is 3. The smallest absolute Gasteiger partial charge is 0.314 e. The Morgan fingerprint density at radius 3 is 2.33 bits per heavy atom. The van der Waals surface area contributed by atoms with E-state index in [9.17, 15) is 9.90 Å². The molecule has 1 aromatic rings. The van der Waals surface area contributed by atoms with Crippen molar-refractivity contribution in [1.82, 2.24) is 4.90 Å². The first-order valence-electron chi connectivity index (χ1n) is 7.79. The van der Waals surface area contributed by atoms with Crippen LogP contribution in [0, 0.1) is 0 Å². The first-order valence-corrected chi connectivity index (χ1v) is 7.79. The summed E-state index contributed by atoms with van der Waals surface area (Å²) in [5, 5.41) is 9.70. The van der Waals surface area contributed by atoms with Gasteiger partial charge in [0.25, 0.3) is 0 Å². The highest BCUT2D eigenvalue weighted by atomic mass is 16.5. The average molecular weight is 289 g/mol. The van der Waals surface area contributed by atoms with Crippen LogP contribution in [0.1, 0.15) is 37.7 Å². The van der Waals surface area contributed by atoms with Gasteiger partial charge in [-0.25, -0.2) is 0 Å². The lowest BCUT2D eigenvalue weighted by Gasteiger charge is -2.36. The molecular weight excluding hydrogens is 266 g/mol. The van der Waals surface area contributed by atoms with Crippen molar-refractivity contribution >= 4 is 5.97 Å². The Hall–Kier alpha value is -1.55. The van der Waals surface area contributed by atoms with Crippen LogP contribution in [0.15, 0.2) is 24.3 Å². The fraction of sp³-hybridized carbons (Fsp3) is 0.588. The number of likely N-dealkylation sites (tertiary alicyclic amines) is 1. The van der Waals surface area contributed by atoms with Crippen LogP contribution >= 0.6 is 0 Å². The third-order valence-corrected chi connectivity index (χ3v) is 4.86. The number of nitrogens with zero attached hydrogens (tertiary/aromatic N) is 1. The molecule has 1 heterocycles. The minimum Gasteiger partial charge on any atom is -0.488 e. The number of carbonyl (C=O) groups is 1. The first-order chi connectivity index (χ1) is 10.1. The van der Waals surface area contributed by atoms with E-state index in [-0.39, 0.29) is 6.10 Å². The van der Waals surface area contributed by atoms with Crippen molar-refractivity contribution in [2.45, 2.75) is 43.6 Å². The van der Waals surface area contributed by atoms with E-state index in [0.29, 0.717) is 0 Å². The highest BCUT2D eigenvalue weighted by molar-refractivity contribution is 5.81. The number of carboxylic acid groups (broad SMARTS) is 1. The molecule has 4 nitrogen and oxygen atoms in total. The van der Waals surface area contributed by atoms with Crippen LogP contribution in [0.4, 0.5) is 0 Å². The number of likely N-dealkylation sites (N-methyl/N-ethyl adjacent to an activating group) is 1. The standard InChI is InChI=1S/C17H23NO3/c1-18-11-15(12-18)21-14-7-5-13(6-8-14)17(16(19)20)9-3-2-4-10-17/h5-8,15H,2-4,9-12H2,1H3,(H,19,20). The van der Waals surface area contributed by atoms with E-state index >= 15 is 0 Å². The van der Waals surface area contributed by atoms with Crippen LogP contribution in [-0.4, -0.2) is 42.2 Å². The maximum atomic E-state index is 11.8. The Morgan fingerprint density at radius 1 is 1.19 bits per heavy atom. The molecule has 0 spiro atoms. The number of hydrogen-bond donors (Lipinski definition) is 1. The third kappa shape index (κ3) is 2.77. The summed E-state index contributed by atoms with van der Waals surface area (Å²) in [6.45, 7) is 1.92. The molecule has 0 aromatic heterocycles. The zero-order chi connectivity index (χ0) is 14.9. The number of aliphatic carboxylic acids is 1. The fourth-order valence-corrected chi connectivity index (χ4v) is 3.54. The first kappa shape index (κ1) is 14.4. The highest BCUT2D eigenvalue weighted by Crippen LogP contribution is 2.40.